The van der Waals surface area contributed by atoms with Crippen molar-refractivity contribution in [1.82, 2.24) is 0 Å². The molecule has 7 heteroatoms. The number of carbonyl (C=O) groups excluding carboxylic acids is 1. The monoisotopic (exact) mass is 367 g/mol. The Balaban J connectivity index is 1.64. The second-order valence-electron chi connectivity index (χ2n) is 6.17. The van der Waals surface area contributed by atoms with E-state index in [1.807, 2.05) is 17.5 Å². The molecule has 3 rings (SSSR count). The lowest BCUT2D eigenvalue weighted by Crippen LogP contribution is -3.12. The SMILES string of the molecule is O=C(C[NH+](Cc1cccs1)C[C@H]1CCCO1)Nc1c(F)cccc1F. The lowest BCUT2D eigenvalue weighted by Gasteiger charge is -2.21. The van der Waals surface area contributed by atoms with Crippen LogP contribution in [0.3, 0.4) is 0 Å². The summed E-state index contributed by atoms with van der Waals surface area (Å²) in [5, 5.41) is 4.36. The Bertz CT molecular complexity index is 683. The molecule has 2 heterocycles. The second-order valence-corrected chi connectivity index (χ2v) is 7.20. The summed E-state index contributed by atoms with van der Waals surface area (Å²) in [4.78, 5) is 14.5. The number of para-hydroxylation sites is 1. The fourth-order valence-corrected chi connectivity index (χ4v) is 3.80. The number of carbonyl (C=O) groups is 1. The second kappa shape index (κ2) is 8.51. The van der Waals surface area contributed by atoms with Crippen LogP contribution in [0.5, 0.6) is 0 Å². The molecule has 4 nitrogen and oxygen atoms in total. The highest BCUT2D eigenvalue weighted by molar-refractivity contribution is 7.09. The van der Waals surface area contributed by atoms with Gasteiger partial charge in [0.2, 0.25) is 0 Å². The fourth-order valence-electron chi connectivity index (χ4n) is 3.02. The molecule has 1 aliphatic rings. The van der Waals surface area contributed by atoms with Crippen molar-refractivity contribution in [2.75, 3.05) is 25.0 Å². The van der Waals surface area contributed by atoms with E-state index in [1.165, 1.54) is 6.07 Å². The van der Waals surface area contributed by atoms with Gasteiger partial charge in [-0.2, -0.15) is 0 Å². The van der Waals surface area contributed by atoms with Crippen molar-refractivity contribution in [1.29, 1.82) is 0 Å². The number of halogens is 2. The highest BCUT2D eigenvalue weighted by Crippen LogP contribution is 2.17. The molecule has 2 atom stereocenters. The third-order valence-electron chi connectivity index (χ3n) is 4.18. The molecule has 1 aromatic heterocycles. The molecule has 0 aliphatic carbocycles. The minimum atomic E-state index is -0.771. The van der Waals surface area contributed by atoms with Crippen LogP contribution in [-0.4, -0.2) is 31.7 Å². The zero-order valence-corrected chi connectivity index (χ0v) is 14.6. The van der Waals surface area contributed by atoms with E-state index in [9.17, 15) is 13.6 Å². The molecule has 1 amide bonds. The minimum absolute atomic E-state index is 0.130. The summed E-state index contributed by atoms with van der Waals surface area (Å²) in [5.41, 5.74) is -0.389. The smallest absolute Gasteiger partial charge is 0.279 e. The van der Waals surface area contributed by atoms with E-state index < -0.39 is 17.5 Å². The van der Waals surface area contributed by atoms with Crippen molar-refractivity contribution < 1.29 is 23.2 Å². The molecule has 2 N–H and O–H groups in total. The van der Waals surface area contributed by atoms with Gasteiger partial charge in [0.15, 0.2) is 6.54 Å². The number of thiophene rings is 1. The third kappa shape index (κ3) is 5.07. The molecule has 2 aromatic rings. The van der Waals surface area contributed by atoms with Crippen molar-refractivity contribution in [2.45, 2.75) is 25.5 Å². The normalized spacial score (nSPS) is 18.2. The number of hydrogen-bond acceptors (Lipinski definition) is 3. The number of rotatable bonds is 7. The standard InChI is InChI=1S/C18H20F2N2O2S/c19-15-6-1-7-16(20)18(15)21-17(23)12-22(10-13-4-2-8-24-13)11-14-5-3-9-25-14/h1,3,5-7,9,13H,2,4,8,10-12H2,(H,21,23)/p+1/t13-/m1/s1. The molecule has 1 fully saturated rings. The summed E-state index contributed by atoms with van der Waals surface area (Å²) >= 11 is 1.63. The van der Waals surface area contributed by atoms with E-state index in [4.69, 9.17) is 4.74 Å². The van der Waals surface area contributed by atoms with Gasteiger partial charge in [-0.15, -0.1) is 11.3 Å². The molecule has 134 valence electrons. The number of nitrogens with one attached hydrogen (secondary N) is 2. The molecule has 25 heavy (non-hydrogen) atoms. The van der Waals surface area contributed by atoms with Crippen molar-refractivity contribution in [2.24, 2.45) is 0 Å². The maximum Gasteiger partial charge on any atom is 0.279 e. The first-order chi connectivity index (χ1) is 12.1. The van der Waals surface area contributed by atoms with Crippen LogP contribution < -0.4 is 10.2 Å². The Morgan fingerprint density at radius 1 is 1.28 bits per heavy atom. The molecular weight excluding hydrogens is 346 g/mol. The van der Waals surface area contributed by atoms with Crippen LogP contribution in [-0.2, 0) is 16.1 Å². The summed E-state index contributed by atoms with van der Waals surface area (Å²) in [5.74, 6) is -1.95. The number of amides is 1. The van der Waals surface area contributed by atoms with Crippen LogP contribution in [0.4, 0.5) is 14.5 Å². The van der Waals surface area contributed by atoms with Crippen LogP contribution >= 0.6 is 11.3 Å². The van der Waals surface area contributed by atoms with Crippen molar-refractivity contribution >= 4 is 22.9 Å². The van der Waals surface area contributed by atoms with E-state index >= 15 is 0 Å². The maximum absolute atomic E-state index is 13.7. The topological polar surface area (TPSA) is 42.8 Å². The zero-order valence-electron chi connectivity index (χ0n) is 13.8. The van der Waals surface area contributed by atoms with Gasteiger partial charge in [-0.05, 0) is 36.4 Å². The average Bonchev–Trinajstić information content (AvgIpc) is 3.25. The van der Waals surface area contributed by atoms with Crippen LogP contribution in [0.25, 0.3) is 0 Å². The van der Waals surface area contributed by atoms with Gasteiger partial charge >= 0.3 is 0 Å². The predicted molar refractivity (Wildman–Crippen MR) is 92.7 cm³/mol. The van der Waals surface area contributed by atoms with Crippen LogP contribution in [0, 0.1) is 11.6 Å². The van der Waals surface area contributed by atoms with Gasteiger partial charge in [-0.1, -0.05) is 12.1 Å². The number of benzene rings is 1. The summed E-state index contributed by atoms with van der Waals surface area (Å²) in [6.07, 6.45) is 2.15. The average molecular weight is 367 g/mol. The zero-order chi connectivity index (χ0) is 17.6. The molecule has 1 unspecified atom stereocenters. The largest absolute Gasteiger partial charge is 0.372 e. The predicted octanol–water partition coefficient (Wildman–Crippen LogP) is 2.23. The molecule has 0 spiro atoms. The molecular formula is C18H21F2N2O2S+. The van der Waals surface area contributed by atoms with E-state index in [0.717, 1.165) is 41.4 Å². The first-order valence-corrected chi connectivity index (χ1v) is 9.21. The quantitative estimate of drug-likeness (QED) is 0.788. The molecule has 1 aromatic carbocycles. The molecule has 0 radical (unpaired) electrons. The Kier molecular flexibility index (Phi) is 6.12. The van der Waals surface area contributed by atoms with Gasteiger partial charge in [0.1, 0.15) is 36.5 Å². The lowest BCUT2D eigenvalue weighted by atomic mass is 10.2. The molecule has 0 bridgehead atoms. The van der Waals surface area contributed by atoms with Crippen LogP contribution in [0.2, 0.25) is 0 Å². The van der Waals surface area contributed by atoms with Crippen LogP contribution in [0.15, 0.2) is 35.7 Å². The Morgan fingerprint density at radius 3 is 2.72 bits per heavy atom. The third-order valence-corrected chi connectivity index (χ3v) is 5.06. The van der Waals surface area contributed by atoms with Gasteiger partial charge in [-0.25, -0.2) is 8.78 Å². The van der Waals surface area contributed by atoms with Gasteiger partial charge in [0.05, 0.1) is 4.88 Å². The van der Waals surface area contributed by atoms with E-state index in [2.05, 4.69) is 5.32 Å². The number of quaternary nitrogens is 1. The van der Waals surface area contributed by atoms with E-state index in [1.54, 1.807) is 11.3 Å². The molecule has 1 aliphatic heterocycles. The van der Waals surface area contributed by atoms with Gasteiger partial charge in [0, 0.05) is 6.61 Å². The summed E-state index contributed by atoms with van der Waals surface area (Å²) in [6.45, 7) is 2.27. The fraction of sp³-hybridized carbons (Fsp3) is 0.389. The number of hydrogen-bond donors (Lipinski definition) is 2. The van der Waals surface area contributed by atoms with Crippen molar-refractivity contribution in [3.63, 3.8) is 0 Å². The Morgan fingerprint density at radius 2 is 2.08 bits per heavy atom. The minimum Gasteiger partial charge on any atom is -0.372 e. The van der Waals surface area contributed by atoms with Gasteiger partial charge in [-0.3, -0.25) is 4.79 Å². The summed E-state index contributed by atoms with van der Waals surface area (Å²) in [6, 6.07) is 7.52. The van der Waals surface area contributed by atoms with Crippen molar-refractivity contribution in [3.05, 3.63) is 52.2 Å². The highest BCUT2D eigenvalue weighted by Gasteiger charge is 2.25. The maximum atomic E-state index is 13.7. The molecule has 1 saturated heterocycles. The Hall–Kier alpha value is -1.83. The van der Waals surface area contributed by atoms with E-state index in [0.29, 0.717) is 13.1 Å². The number of ether oxygens (including phenoxy) is 1. The first-order valence-electron chi connectivity index (χ1n) is 8.33. The summed E-state index contributed by atoms with van der Waals surface area (Å²) < 4.78 is 33.1. The van der Waals surface area contributed by atoms with E-state index in [-0.39, 0.29) is 18.3 Å². The first kappa shape index (κ1) is 18.0. The highest BCUT2D eigenvalue weighted by atomic mass is 32.1. The molecule has 0 saturated carbocycles. The van der Waals surface area contributed by atoms with Gasteiger partial charge in [0.25, 0.3) is 5.91 Å². The Labute approximate surface area is 149 Å². The summed E-state index contributed by atoms with van der Waals surface area (Å²) in [7, 11) is 0. The van der Waals surface area contributed by atoms with Gasteiger partial charge < -0.3 is 15.0 Å². The van der Waals surface area contributed by atoms with Crippen molar-refractivity contribution in [3.8, 4) is 0 Å². The number of anilines is 1. The lowest BCUT2D eigenvalue weighted by molar-refractivity contribution is -0.908. The van der Waals surface area contributed by atoms with Crippen LogP contribution in [0.1, 0.15) is 17.7 Å².